The molecule has 6 heteroatoms. The summed E-state index contributed by atoms with van der Waals surface area (Å²) in [7, 11) is -3.07. The fourth-order valence-corrected chi connectivity index (χ4v) is 3.69. The minimum absolute atomic E-state index is 0.505. The minimum Gasteiger partial charge on any atom is -0.371 e. The molecule has 0 atom stereocenters. The molecule has 0 aliphatic carbocycles. The fourth-order valence-electron chi connectivity index (χ4n) is 2.16. The van der Waals surface area contributed by atoms with Gasteiger partial charge in [0.2, 0.25) is 10.0 Å². The third kappa shape index (κ3) is 4.71. The van der Waals surface area contributed by atoms with Crippen molar-refractivity contribution in [1.29, 1.82) is 0 Å². The van der Waals surface area contributed by atoms with E-state index < -0.39 is 10.0 Å². The molecule has 0 saturated heterocycles. The summed E-state index contributed by atoms with van der Waals surface area (Å²) in [5.41, 5.74) is 1.28. The molecule has 4 nitrogen and oxygen atoms in total. The third-order valence-corrected chi connectivity index (χ3v) is 4.88. The zero-order valence-electron chi connectivity index (χ0n) is 11.1. The Bertz CT molecular complexity index is 517. The molecule has 1 aromatic carbocycles. The van der Waals surface area contributed by atoms with Crippen LogP contribution in [0.5, 0.6) is 0 Å². The molecule has 0 radical (unpaired) electrons. The molecule has 0 amide bonds. The van der Waals surface area contributed by atoms with Crippen LogP contribution in [0.3, 0.4) is 0 Å². The highest BCUT2D eigenvalue weighted by atomic mass is 32.2. The van der Waals surface area contributed by atoms with Gasteiger partial charge in [-0.05, 0) is 30.7 Å². The van der Waals surface area contributed by atoms with E-state index in [2.05, 4.69) is 33.9 Å². The van der Waals surface area contributed by atoms with Crippen molar-refractivity contribution in [3.63, 3.8) is 0 Å². The Morgan fingerprint density at radius 3 is 2.95 bits per heavy atom. The summed E-state index contributed by atoms with van der Waals surface area (Å²) in [6.07, 6.45) is 3.19. The van der Waals surface area contributed by atoms with Crippen molar-refractivity contribution in [2.75, 3.05) is 36.5 Å². The van der Waals surface area contributed by atoms with Gasteiger partial charge in [0.1, 0.15) is 0 Å². The lowest BCUT2D eigenvalue weighted by Crippen LogP contribution is -2.30. The number of thioether (sulfide) groups is 1. The van der Waals surface area contributed by atoms with Crippen LogP contribution in [0.4, 0.5) is 5.69 Å². The SMILES string of the molecule is CS(=O)(=O)NCCCN1CCCSc2ccccc21. The van der Waals surface area contributed by atoms with Gasteiger partial charge in [0, 0.05) is 24.5 Å². The number of fused-ring (bicyclic) bond motifs is 1. The van der Waals surface area contributed by atoms with Crippen molar-refractivity contribution >= 4 is 27.5 Å². The molecule has 0 unspecified atom stereocenters. The predicted molar refractivity (Wildman–Crippen MR) is 81.5 cm³/mol. The highest BCUT2D eigenvalue weighted by Gasteiger charge is 2.14. The second-order valence-corrected chi connectivity index (χ2v) is 7.65. The van der Waals surface area contributed by atoms with Crippen LogP contribution in [0.1, 0.15) is 12.8 Å². The highest BCUT2D eigenvalue weighted by molar-refractivity contribution is 7.99. The molecular weight excluding hydrogens is 280 g/mol. The lowest BCUT2D eigenvalue weighted by Gasteiger charge is -2.24. The maximum atomic E-state index is 11.0. The second kappa shape index (κ2) is 6.63. The molecule has 1 aromatic rings. The molecule has 0 saturated carbocycles. The first-order chi connectivity index (χ1) is 9.06. The lowest BCUT2D eigenvalue weighted by atomic mass is 10.2. The van der Waals surface area contributed by atoms with Gasteiger partial charge < -0.3 is 4.90 Å². The maximum absolute atomic E-state index is 11.0. The van der Waals surface area contributed by atoms with Gasteiger partial charge in [-0.1, -0.05) is 12.1 Å². The largest absolute Gasteiger partial charge is 0.371 e. The first-order valence-corrected chi connectivity index (χ1v) is 9.35. The van der Waals surface area contributed by atoms with Gasteiger partial charge in [0.25, 0.3) is 0 Å². The zero-order valence-corrected chi connectivity index (χ0v) is 12.8. The van der Waals surface area contributed by atoms with Gasteiger partial charge in [-0.3, -0.25) is 0 Å². The van der Waals surface area contributed by atoms with Gasteiger partial charge in [-0.2, -0.15) is 0 Å². The van der Waals surface area contributed by atoms with Crippen molar-refractivity contribution in [1.82, 2.24) is 4.72 Å². The molecule has 0 aromatic heterocycles. The number of hydrogen-bond donors (Lipinski definition) is 1. The van der Waals surface area contributed by atoms with Crippen LogP contribution < -0.4 is 9.62 Å². The molecular formula is C13H20N2O2S2. The molecule has 0 bridgehead atoms. The first-order valence-electron chi connectivity index (χ1n) is 6.48. The summed E-state index contributed by atoms with van der Waals surface area (Å²) < 4.78 is 24.6. The standard InChI is InChI=1S/C13H20N2O2S2/c1-19(16,17)14-8-4-9-15-10-5-11-18-13-7-3-2-6-12(13)15/h2-3,6-7,14H,4-5,8-11H2,1H3. The van der Waals surface area contributed by atoms with Crippen LogP contribution in [-0.2, 0) is 10.0 Å². The average Bonchev–Trinajstić information content (AvgIpc) is 2.56. The van der Waals surface area contributed by atoms with Crippen molar-refractivity contribution in [2.24, 2.45) is 0 Å². The summed E-state index contributed by atoms with van der Waals surface area (Å²) in [5, 5.41) is 0. The number of rotatable bonds is 5. The van der Waals surface area contributed by atoms with Gasteiger partial charge >= 0.3 is 0 Å². The smallest absolute Gasteiger partial charge is 0.208 e. The van der Waals surface area contributed by atoms with E-state index in [0.717, 1.165) is 25.3 Å². The van der Waals surface area contributed by atoms with E-state index >= 15 is 0 Å². The molecule has 1 aliphatic rings. The van der Waals surface area contributed by atoms with Gasteiger partial charge in [-0.15, -0.1) is 11.8 Å². The van der Waals surface area contributed by atoms with Crippen LogP contribution >= 0.6 is 11.8 Å². The Hall–Kier alpha value is -0.720. The average molecular weight is 300 g/mol. The van der Waals surface area contributed by atoms with Crippen LogP contribution in [0.25, 0.3) is 0 Å². The number of nitrogens with one attached hydrogen (secondary N) is 1. The Labute approximate surface area is 119 Å². The molecule has 0 fully saturated rings. The van der Waals surface area contributed by atoms with E-state index in [4.69, 9.17) is 0 Å². The van der Waals surface area contributed by atoms with Crippen molar-refractivity contribution < 1.29 is 8.42 Å². The van der Waals surface area contributed by atoms with E-state index in [1.54, 1.807) is 0 Å². The molecule has 1 N–H and O–H groups in total. The highest BCUT2D eigenvalue weighted by Crippen LogP contribution is 2.33. The molecule has 2 rings (SSSR count). The molecule has 106 valence electrons. The summed E-state index contributed by atoms with van der Waals surface area (Å²) in [4.78, 5) is 3.69. The summed E-state index contributed by atoms with van der Waals surface area (Å²) in [6.45, 7) is 2.44. The Kier molecular flexibility index (Phi) is 5.13. The van der Waals surface area contributed by atoms with Crippen LogP contribution in [-0.4, -0.2) is 40.1 Å². The van der Waals surface area contributed by atoms with Crippen LogP contribution in [0, 0.1) is 0 Å². The minimum atomic E-state index is -3.07. The van der Waals surface area contributed by atoms with Crippen molar-refractivity contribution in [3.05, 3.63) is 24.3 Å². The maximum Gasteiger partial charge on any atom is 0.208 e. The summed E-state index contributed by atoms with van der Waals surface area (Å²) in [5.74, 6) is 1.15. The second-order valence-electron chi connectivity index (χ2n) is 4.68. The number of para-hydroxylation sites is 1. The van der Waals surface area contributed by atoms with Gasteiger partial charge in [0.15, 0.2) is 0 Å². The van der Waals surface area contributed by atoms with Crippen LogP contribution in [0.15, 0.2) is 29.2 Å². The number of benzene rings is 1. The monoisotopic (exact) mass is 300 g/mol. The van der Waals surface area contributed by atoms with Crippen molar-refractivity contribution in [2.45, 2.75) is 17.7 Å². The summed E-state index contributed by atoms with van der Waals surface area (Å²) >= 11 is 1.90. The number of anilines is 1. The topological polar surface area (TPSA) is 49.4 Å². The molecule has 1 aliphatic heterocycles. The predicted octanol–water partition coefficient (Wildman–Crippen LogP) is 1.93. The fraction of sp³-hybridized carbons (Fsp3) is 0.538. The number of hydrogen-bond acceptors (Lipinski definition) is 4. The molecule has 19 heavy (non-hydrogen) atoms. The van der Waals surface area contributed by atoms with Crippen LogP contribution in [0.2, 0.25) is 0 Å². The quantitative estimate of drug-likeness (QED) is 0.844. The number of nitrogens with zero attached hydrogens (tertiary/aromatic N) is 1. The zero-order chi connectivity index (χ0) is 13.7. The van der Waals surface area contributed by atoms with Gasteiger partial charge in [-0.25, -0.2) is 13.1 Å². The van der Waals surface area contributed by atoms with Crippen molar-refractivity contribution in [3.8, 4) is 0 Å². The first kappa shape index (κ1) is 14.7. The normalized spacial score (nSPS) is 15.9. The van der Waals surface area contributed by atoms with E-state index in [0.29, 0.717) is 6.54 Å². The van der Waals surface area contributed by atoms with E-state index in [9.17, 15) is 8.42 Å². The van der Waals surface area contributed by atoms with E-state index in [1.165, 1.54) is 23.3 Å². The van der Waals surface area contributed by atoms with E-state index in [1.807, 2.05) is 11.8 Å². The third-order valence-electron chi connectivity index (χ3n) is 3.00. The van der Waals surface area contributed by atoms with Gasteiger partial charge in [0.05, 0.1) is 11.9 Å². The van der Waals surface area contributed by atoms with E-state index in [-0.39, 0.29) is 0 Å². The number of sulfonamides is 1. The molecule has 1 heterocycles. The summed E-state index contributed by atoms with van der Waals surface area (Å²) in [6, 6.07) is 8.44. The molecule has 0 spiro atoms. The Morgan fingerprint density at radius 2 is 2.16 bits per heavy atom. The lowest BCUT2D eigenvalue weighted by molar-refractivity contribution is 0.584. The Balaban J connectivity index is 1.93. The Morgan fingerprint density at radius 1 is 1.37 bits per heavy atom.